The number of nitrogens with zero attached hydrogens (tertiary/aromatic N) is 1. The zero-order valence-corrected chi connectivity index (χ0v) is 14.1. The van der Waals surface area contributed by atoms with Crippen LogP contribution in [-0.2, 0) is 16.3 Å². The predicted octanol–water partition coefficient (Wildman–Crippen LogP) is 3.74. The lowest BCUT2D eigenvalue weighted by atomic mass is 9.95. The molecule has 0 amide bonds. The van der Waals surface area contributed by atoms with Crippen LogP contribution >= 0.6 is 0 Å². The molecule has 27 heavy (non-hydrogen) atoms. The molecule has 1 atom stereocenters. The van der Waals surface area contributed by atoms with Gasteiger partial charge in [-0.1, -0.05) is 18.2 Å². The van der Waals surface area contributed by atoms with Crippen molar-refractivity contribution in [1.29, 1.82) is 5.26 Å². The van der Waals surface area contributed by atoms with Crippen LogP contribution < -0.4 is 0 Å². The van der Waals surface area contributed by atoms with Crippen LogP contribution in [0.25, 0.3) is 11.1 Å². The van der Waals surface area contributed by atoms with Gasteiger partial charge in [0, 0.05) is 12.0 Å². The molecule has 0 heterocycles. The Morgan fingerprint density at radius 3 is 2.44 bits per heavy atom. The maximum atomic E-state index is 14.1. The summed E-state index contributed by atoms with van der Waals surface area (Å²) < 4.78 is 90.5. The van der Waals surface area contributed by atoms with E-state index in [1.807, 2.05) is 6.07 Å². The summed E-state index contributed by atoms with van der Waals surface area (Å²) in [6.45, 7) is 0. The van der Waals surface area contributed by atoms with Crippen molar-refractivity contribution in [2.45, 2.75) is 28.9 Å². The fourth-order valence-corrected chi connectivity index (χ4v) is 4.08. The first-order valence-corrected chi connectivity index (χ1v) is 8.92. The number of hydrogen-bond acceptors (Lipinski definition) is 4. The number of sulfone groups is 1. The van der Waals surface area contributed by atoms with E-state index in [1.54, 1.807) is 0 Å². The van der Waals surface area contributed by atoms with Crippen LogP contribution in [-0.4, -0.2) is 25.0 Å². The largest absolute Gasteiger partial charge is 0.501 e. The second kappa shape index (κ2) is 6.00. The van der Waals surface area contributed by atoms with Crippen molar-refractivity contribution < 1.29 is 35.5 Å². The molecule has 1 aliphatic carbocycles. The molecule has 1 N–H and O–H groups in total. The Bertz CT molecular complexity index is 1070. The molecule has 2 aromatic rings. The SMILES string of the molecule is N#Cc1cccc(-c2ccc(S(=O)(=O)C(F)(F)F)c3c2CC(F)(F)[C@H]3O)c1. The summed E-state index contributed by atoms with van der Waals surface area (Å²) in [5, 5.41) is 18.8. The normalized spacial score (nSPS) is 18.8. The predicted molar refractivity (Wildman–Crippen MR) is 83.4 cm³/mol. The summed E-state index contributed by atoms with van der Waals surface area (Å²) in [7, 11) is -5.94. The minimum Gasteiger partial charge on any atom is -0.382 e. The number of nitriles is 1. The van der Waals surface area contributed by atoms with E-state index in [1.165, 1.54) is 24.3 Å². The molecule has 10 heteroatoms. The Morgan fingerprint density at radius 2 is 1.85 bits per heavy atom. The molecule has 0 spiro atoms. The van der Waals surface area contributed by atoms with E-state index in [0.29, 0.717) is 6.07 Å². The molecule has 0 saturated carbocycles. The number of alkyl halides is 5. The second-order valence-electron chi connectivity index (χ2n) is 5.99. The van der Waals surface area contributed by atoms with Gasteiger partial charge in [-0.3, -0.25) is 0 Å². The average molecular weight is 403 g/mol. The van der Waals surface area contributed by atoms with Crippen LogP contribution in [0, 0.1) is 11.3 Å². The van der Waals surface area contributed by atoms with Crippen LogP contribution in [0.1, 0.15) is 22.8 Å². The Hall–Kier alpha value is -2.51. The molecule has 2 aromatic carbocycles. The molecule has 0 aromatic heterocycles. The van der Waals surface area contributed by atoms with E-state index in [0.717, 1.165) is 6.07 Å². The highest BCUT2D eigenvalue weighted by Gasteiger charge is 2.54. The first-order chi connectivity index (χ1) is 12.4. The van der Waals surface area contributed by atoms with Gasteiger partial charge in [-0.15, -0.1) is 0 Å². The van der Waals surface area contributed by atoms with Gasteiger partial charge >= 0.3 is 5.51 Å². The molecular weight excluding hydrogens is 393 g/mol. The molecule has 0 aliphatic heterocycles. The molecule has 0 fully saturated rings. The number of rotatable bonds is 2. The lowest BCUT2D eigenvalue weighted by Gasteiger charge is -2.17. The fraction of sp³-hybridized carbons (Fsp3) is 0.235. The minimum absolute atomic E-state index is 0.0273. The smallest absolute Gasteiger partial charge is 0.382 e. The molecular formula is C17H10F5NO3S. The third kappa shape index (κ3) is 2.96. The Kier molecular flexibility index (Phi) is 4.28. The van der Waals surface area contributed by atoms with E-state index in [-0.39, 0.29) is 16.7 Å². The van der Waals surface area contributed by atoms with Gasteiger partial charge in [-0.25, -0.2) is 17.2 Å². The van der Waals surface area contributed by atoms with Crippen molar-refractivity contribution in [3.05, 3.63) is 53.1 Å². The van der Waals surface area contributed by atoms with Crippen molar-refractivity contribution in [1.82, 2.24) is 0 Å². The van der Waals surface area contributed by atoms with Gasteiger partial charge in [-0.05, 0) is 34.9 Å². The van der Waals surface area contributed by atoms with Crippen molar-refractivity contribution in [3.63, 3.8) is 0 Å². The highest BCUT2D eigenvalue weighted by atomic mass is 32.2. The lowest BCUT2D eigenvalue weighted by Crippen LogP contribution is -2.26. The number of aliphatic hydroxyl groups is 1. The molecule has 142 valence electrons. The molecule has 4 nitrogen and oxygen atoms in total. The molecule has 1 aliphatic rings. The summed E-state index contributed by atoms with van der Waals surface area (Å²) in [6.07, 6.45) is -3.82. The topological polar surface area (TPSA) is 78.2 Å². The molecule has 0 saturated heterocycles. The summed E-state index contributed by atoms with van der Waals surface area (Å²) in [5.74, 6) is -3.83. The van der Waals surface area contributed by atoms with E-state index >= 15 is 0 Å². The second-order valence-corrected chi connectivity index (χ2v) is 7.90. The van der Waals surface area contributed by atoms with Gasteiger partial charge < -0.3 is 5.11 Å². The first kappa shape index (κ1) is 19.3. The van der Waals surface area contributed by atoms with Crippen LogP contribution in [0.3, 0.4) is 0 Å². The molecule has 3 rings (SSSR count). The zero-order chi connectivity index (χ0) is 20.2. The Balaban J connectivity index is 2.33. The van der Waals surface area contributed by atoms with Crippen LogP contribution in [0.4, 0.5) is 22.0 Å². The van der Waals surface area contributed by atoms with Gasteiger partial charge in [0.2, 0.25) is 0 Å². The summed E-state index contributed by atoms with van der Waals surface area (Å²) >= 11 is 0. The fourth-order valence-electron chi connectivity index (χ4n) is 3.06. The van der Waals surface area contributed by atoms with Gasteiger partial charge in [0.1, 0.15) is 6.10 Å². The van der Waals surface area contributed by atoms with Crippen molar-refractivity contribution in [2.24, 2.45) is 0 Å². The van der Waals surface area contributed by atoms with Crippen molar-refractivity contribution in [3.8, 4) is 17.2 Å². The number of aliphatic hydroxyl groups excluding tert-OH is 1. The first-order valence-electron chi connectivity index (χ1n) is 7.43. The van der Waals surface area contributed by atoms with Crippen LogP contribution in [0.2, 0.25) is 0 Å². The number of fused-ring (bicyclic) bond motifs is 1. The van der Waals surface area contributed by atoms with Gasteiger partial charge in [0.05, 0.1) is 16.5 Å². The molecule has 0 radical (unpaired) electrons. The Labute approximate surface area is 150 Å². The lowest BCUT2D eigenvalue weighted by molar-refractivity contribution is -0.0977. The van der Waals surface area contributed by atoms with Crippen molar-refractivity contribution >= 4 is 9.84 Å². The summed E-state index contributed by atoms with van der Waals surface area (Å²) in [4.78, 5) is -1.39. The van der Waals surface area contributed by atoms with E-state index in [9.17, 15) is 35.5 Å². The number of halogens is 5. The van der Waals surface area contributed by atoms with E-state index in [4.69, 9.17) is 5.26 Å². The van der Waals surface area contributed by atoms with E-state index < -0.39 is 49.8 Å². The number of benzene rings is 2. The summed E-state index contributed by atoms with van der Waals surface area (Å²) in [6, 6.07) is 9.03. The highest BCUT2D eigenvalue weighted by molar-refractivity contribution is 7.92. The summed E-state index contributed by atoms with van der Waals surface area (Å²) in [5.41, 5.74) is -6.62. The number of hydrogen-bond donors (Lipinski definition) is 1. The van der Waals surface area contributed by atoms with Crippen molar-refractivity contribution in [2.75, 3.05) is 0 Å². The maximum absolute atomic E-state index is 14.1. The maximum Gasteiger partial charge on any atom is 0.501 e. The third-order valence-corrected chi connectivity index (χ3v) is 5.84. The van der Waals surface area contributed by atoms with Gasteiger partial charge in [0.25, 0.3) is 15.8 Å². The average Bonchev–Trinajstić information content (AvgIpc) is 2.83. The highest BCUT2D eigenvalue weighted by Crippen LogP contribution is 2.50. The monoisotopic (exact) mass is 403 g/mol. The quantitative estimate of drug-likeness (QED) is 0.775. The Morgan fingerprint density at radius 1 is 1.19 bits per heavy atom. The molecule has 0 bridgehead atoms. The van der Waals surface area contributed by atoms with Gasteiger partial charge in [0.15, 0.2) is 0 Å². The zero-order valence-electron chi connectivity index (χ0n) is 13.3. The standard InChI is InChI=1S/C17H10F5NO3S/c18-16(19)7-12-11(10-3-1-2-9(6-10)8-23)4-5-13(14(12)15(16)24)27(25,26)17(20,21)22/h1-6,15,24H,7H2/t15-/m0/s1. The van der Waals surface area contributed by atoms with Gasteiger partial charge in [-0.2, -0.15) is 18.4 Å². The van der Waals surface area contributed by atoms with E-state index in [2.05, 4.69) is 0 Å². The third-order valence-electron chi connectivity index (χ3n) is 4.30. The van der Waals surface area contributed by atoms with Crippen LogP contribution in [0.5, 0.6) is 0 Å². The minimum atomic E-state index is -5.94. The van der Waals surface area contributed by atoms with Crippen LogP contribution in [0.15, 0.2) is 41.3 Å². The molecule has 0 unspecified atom stereocenters.